The van der Waals surface area contributed by atoms with Crippen LogP contribution < -0.4 is 0 Å². The molecule has 3 nitrogen and oxygen atoms in total. The van der Waals surface area contributed by atoms with E-state index in [0.29, 0.717) is 0 Å². The van der Waals surface area contributed by atoms with Crippen LogP contribution in [0.3, 0.4) is 0 Å². The molecule has 0 spiro atoms. The Kier molecular flexibility index (Phi) is 6.11. The third-order valence-electron chi connectivity index (χ3n) is 4.22. The summed E-state index contributed by atoms with van der Waals surface area (Å²) in [6, 6.07) is 7.87. The van der Waals surface area contributed by atoms with Crippen LogP contribution in [0.5, 0.6) is 0 Å². The summed E-state index contributed by atoms with van der Waals surface area (Å²) in [5.74, 6) is 1.98. The van der Waals surface area contributed by atoms with E-state index in [2.05, 4.69) is 4.90 Å². The highest BCUT2D eigenvalue weighted by atomic mass is 32.2. The molecule has 1 fully saturated rings. The fraction of sp³-hybridized carbons (Fsp3) is 0.647. The monoisotopic (exact) mass is 309 g/mol. The van der Waals surface area contributed by atoms with E-state index in [9.17, 15) is 10.2 Å². The third-order valence-corrected chi connectivity index (χ3v) is 5.21. The average molecular weight is 309 g/mol. The van der Waals surface area contributed by atoms with E-state index in [1.165, 1.54) is 0 Å². The maximum absolute atomic E-state index is 11.0. The molecule has 118 valence electrons. The lowest BCUT2D eigenvalue weighted by atomic mass is 9.83. The molecule has 0 saturated carbocycles. The van der Waals surface area contributed by atoms with Gasteiger partial charge in [0.1, 0.15) is 0 Å². The summed E-state index contributed by atoms with van der Waals surface area (Å²) in [7, 11) is 4.09. The summed E-state index contributed by atoms with van der Waals surface area (Å²) in [5, 5.41) is 21.5. The highest BCUT2D eigenvalue weighted by Gasteiger charge is 2.34. The summed E-state index contributed by atoms with van der Waals surface area (Å²) < 4.78 is 0. The number of hydrogen-bond donors (Lipinski definition) is 2. The van der Waals surface area contributed by atoms with Crippen LogP contribution in [-0.4, -0.2) is 47.3 Å². The van der Waals surface area contributed by atoms with Gasteiger partial charge in [-0.15, -0.1) is 0 Å². The first-order chi connectivity index (χ1) is 10.0. The largest absolute Gasteiger partial charge is 0.388 e. The van der Waals surface area contributed by atoms with Gasteiger partial charge >= 0.3 is 0 Å². The van der Waals surface area contributed by atoms with Crippen molar-refractivity contribution in [3.05, 3.63) is 35.4 Å². The molecule has 1 aromatic carbocycles. The number of thioether (sulfide) groups is 1. The van der Waals surface area contributed by atoms with E-state index >= 15 is 0 Å². The fourth-order valence-corrected chi connectivity index (χ4v) is 4.11. The van der Waals surface area contributed by atoms with Crippen molar-refractivity contribution in [1.82, 2.24) is 4.90 Å². The fourth-order valence-electron chi connectivity index (χ4n) is 2.95. The molecule has 1 unspecified atom stereocenters. The lowest BCUT2D eigenvalue weighted by Gasteiger charge is -2.34. The molecule has 1 aromatic rings. The van der Waals surface area contributed by atoms with Gasteiger partial charge in [-0.05, 0) is 69.0 Å². The molecular weight excluding hydrogens is 282 g/mol. The van der Waals surface area contributed by atoms with Crippen LogP contribution in [-0.2, 0) is 5.60 Å². The van der Waals surface area contributed by atoms with Crippen molar-refractivity contribution in [1.29, 1.82) is 0 Å². The molecule has 4 heteroatoms. The Balaban J connectivity index is 2.12. The Hall–Kier alpha value is -0.550. The lowest BCUT2D eigenvalue weighted by molar-refractivity contribution is 0.0240. The molecule has 2 N–H and O–H groups in total. The normalized spacial score (nSPS) is 19.7. The molecular formula is C17H27NO2S. The van der Waals surface area contributed by atoms with Gasteiger partial charge in [0.15, 0.2) is 0 Å². The average Bonchev–Trinajstić information content (AvgIpc) is 2.47. The second-order valence-electron chi connectivity index (χ2n) is 6.19. The number of aliphatic hydroxyl groups is 2. The van der Waals surface area contributed by atoms with Gasteiger partial charge in [0.25, 0.3) is 0 Å². The molecule has 0 aromatic heterocycles. The molecule has 1 heterocycles. The minimum absolute atomic E-state index is 0.486. The van der Waals surface area contributed by atoms with Crippen LogP contribution in [0, 0.1) is 0 Å². The number of hydrogen-bond acceptors (Lipinski definition) is 4. The van der Waals surface area contributed by atoms with E-state index in [-0.39, 0.29) is 0 Å². The van der Waals surface area contributed by atoms with Crippen LogP contribution >= 0.6 is 11.8 Å². The Morgan fingerprint density at radius 2 is 1.90 bits per heavy atom. The highest BCUT2D eigenvalue weighted by Crippen LogP contribution is 2.39. The Labute approximate surface area is 132 Å². The Bertz CT molecular complexity index is 444. The molecule has 2 rings (SSSR count). The third kappa shape index (κ3) is 4.46. The van der Waals surface area contributed by atoms with Crippen LogP contribution in [0.25, 0.3) is 0 Å². The first-order valence-corrected chi connectivity index (χ1v) is 8.91. The second kappa shape index (κ2) is 7.63. The summed E-state index contributed by atoms with van der Waals surface area (Å²) in [4.78, 5) is 2.13. The second-order valence-corrected chi connectivity index (χ2v) is 7.42. The number of aliphatic hydroxyl groups excluding tert-OH is 1. The molecule has 21 heavy (non-hydrogen) atoms. The van der Waals surface area contributed by atoms with E-state index in [1.807, 2.05) is 50.1 Å². The van der Waals surface area contributed by atoms with Gasteiger partial charge < -0.3 is 15.1 Å². The molecule has 0 bridgehead atoms. The predicted molar refractivity (Wildman–Crippen MR) is 89.6 cm³/mol. The van der Waals surface area contributed by atoms with Gasteiger partial charge in [0.05, 0.1) is 11.7 Å². The zero-order chi connectivity index (χ0) is 15.3. The molecule has 1 aliphatic heterocycles. The molecule has 0 aliphatic carbocycles. The van der Waals surface area contributed by atoms with E-state index in [1.54, 1.807) is 0 Å². The van der Waals surface area contributed by atoms with Crippen molar-refractivity contribution in [3.63, 3.8) is 0 Å². The topological polar surface area (TPSA) is 43.7 Å². The van der Waals surface area contributed by atoms with Gasteiger partial charge in [0.2, 0.25) is 0 Å². The first kappa shape index (κ1) is 16.8. The smallest absolute Gasteiger partial charge is 0.0915 e. The standard InChI is InChI=1S/C17H27NO2S/c1-18(2)11-5-8-16(19)14-6-3-4-7-15(14)17(20)9-12-21-13-10-17/h3-4,6-7,16,19-20H,5,8-13H2,1-2H3. The molecule has 1 saturated heterocycles. The summed E-state index contributed by atoms with van der Waals surface area (Å²) >= 11 is 1.90. The summed E-state index contributed by atoms with van der Waals surface area (Å²) in [6.45, 7) is 0.972. The first-order valence-electron chi connectivity index (χ1n) is 7.75. The predicted octanol–water partition coefficient (Wildman–Crippen LogP) is 2.78. The van der Waals surface area contributed by atoms with Gasteiger partial charge in [-0.3, -0.25) is 0 Å². The van der Waals surface area contributed by atoms with Crippen LogP contribution in [0.4, 0.5) is 0 Å². The van der Waals surface area contributed by atoms with Crippen molar-refractivity contribution >= 4 is 11.8 Å². The minimum atomic E-state index is -0.760. The molecule has 0 amide bonds. The molecule has 1 atom stereocenters. The quantitative estimate of drug-likeness (QED) is 0.848. The molecule has 0 radical (unpaired) electrons. The Morgan fingerprint density at radius 3 is 2.57 bits per heavy atom. The van der Waals surface area contributed by atoms with Crippen LogP contribution in [0.1, 0.15) is 42.9 Å². The van der Waals surface area contributed by atoms with Gasteiger partial charge in [-0.25, -0.2) is 0 Å². The van der Waals surface area contributed by atoms with Gasteiger partial charge in [-0.1, -0.05) is 24.3 Å². The molecule has 1 aliphatic rings. The maximum Gasteiger partial charge on any atom is 0.0915 e. The lowest BCUT2D eigenvalue weighted by Crippen LogP contribution is -2.32. The van der Waals surface area contributed by atoms with E-state index in [0.717, 1.165) is 54.9 Å². The number of benzene rings is 1. The summed E-state index contributed by atoms with van der Waals surface area (Å²) in [5.41, 5.74) is 1.08. The van der Waals surface area contributed by atoms with Crippen molar-refractivity contribution in [2.24, 2.45) is 0 Å². The zero-order valence-corrected chi connectivity index (χ0v) is 13.9. The van der Waals surface area contributed by atoms with Crippen molar-refractivity contribution < 1.29 is 10.2 Å². The Morgan fingerprint density at radius 1 is 1.24 bits per heavy atom. The van der Waals surface area contributed by atoms with E-state index < -0.39 is 11.7 Å². The van der Waals surface area contributed by atoms with Crippen molar-refractivity contribution in [3.8, 4) is 0 Å². The number of rotatable bonds is 6. The van der Waals surface area contributed by atoms with Gasteiger partial charge in [0, 0.05) is 0 Å². The summed E-state index contributed by atoms with van der Waals surface area (Å²) in [6.07, 6.45) is 2.76. The minimum Gasteiger partial charge on any atom is -0.388 e. The maximum atomic E-state index is 11.0. The van der Waals surface area contributed by atoms with Crippen LogP contribution in [0.2, 0.25) is 0 Å². The van der Waals surface area contributed by atoms with Crippen molar-refractivity contribution in [2.45, 2.75) is 37.4 Å². The van der Waals surface area contributed by atoms with Crippen molar-refractivity contribution in [2.75, 3.05) is 32.1 Å². The zero-order valence-electron chi connectivity index (χ0n) is 13.1. The van der Waals surface area contributed by atoms with E-state index in [4.69, 9.17) is 0 Å². The van der Waals surface area contributed by atoms with Crippen LogP contribution in [0.15, 0.2) is 24.3 Å². The highest BCUT2D eigenvalue weighted by molar-refractivity contribution is 7.99. The SMILES string of the molecule is CN(C)CCCC(O)c1ccccc1C1(O)CCSCC1. The van der Waals surface area contributed by atoms with Gasteiger partial charge in [-0.2, -0.15) is 11.8 Å². The number of nitrogens with zero attached hydrogens (tertiary/aromatic N) is 1.